The largest absolute Gasteiger partial charge is 0.398 e. The number of aliphatic imine (C=N–C) groups is 1. The molecule has 1 atom stereocenters. The van der Waals surface area contributed by atoms with Crippen molar-refractivity contribution in [2.45, 2.75) is 32.4 Å². The van der Waals surface area contributed by atoms with Crippen LogP contribution in [0.1, 0.15) is 41.6 Å². The van der Waals surface area contributed by atoms with Crippen LogP contribution in [0, 0.1) is 0 Å². The Kier molecular flexibility index (Phi) is 5.43. The van der Waals surface area contributed by atoms with Gasteiger partial charge in [0.25, 0.3) is 0 Å². The summed E-state index contributed by atoms with van der Waals surface area (Å²) in [5.74, 6) is 1.08. The predicted molar refractivity (Wildman–Crippen MR) is 117 cm³/mol. The molecule has 142 valence electrons. The summed E-state index contributed by atoms with van der Waals surface area (Å²) in [6, 6.07) is 27.4. The molecule has 0 fully saturated rings. The van der Waals surface area contributed by atoms with Gasteiger partial charge in [0.05, 0.1) is 5.84 Å². The Morgan fingerprint density at radius 1 is 0.893 bits per heavy atom. The van der Waals surface area contributed by atoms with E-state index in [0.717, 1.165) is 43.0 Å². The summed E-state index contributed by atoms with van der Waals surface area (Å²) >= 11 is 0. The van der Waals surface area contributed by atoms with Crippen molar-refractivity contribution in [1.82, 2.24) is 4.90 Å². The molecule has 0 amide bonds. The molecule has 3 aromatic rings. The van der Waals surface area contributed by atoms with Crippen LogP contribution < -0.4 is 5.73 Å². The van der Waals surface area contributed by atoms with Gasteiger partial charge in [-0.15, -0.1) is 0 Å². The minimum absolute atomic E-state index is 0.0449. The zero-order chi connectivity index (χ0) is 19.3. The number of hydrogen-bond acceptors (Lipinski definition) is 3. The maximum Gasteiger partial charge on any atom is 0.104 e. The Morgan fingerprint density at radius 3 is 2.36 bits per heavy atom. The van der Waals surface area contributed by atoms with Crippen LogP contribution in [0.25, 0.3) is 0 Å². The number of hydrogen-bond donors (Lipinski definition) is 1. The molecule has 4 rings (SSSR count). The maximum atomic E-state index is 6.30. The SMILES string of the molecule is CC1=NC(c2ccccc2N)c2ccccc2CN1CCCc1ccccc1. The predicted octanol–water partition coefficient (Wildman–Crippen LogP) is 5.23. The van der Waals surface area contributed by atoms with Crippen molar-refractivity contribution in [2.24, 2.45) is 4.99 Å². The minimum atomic E-state index is -0.0449. The summed E-state index contributed by atoms with van der Waals surface area (Å²) in [6.07, 6.45) is 2.19. The number of anilines is 1. The van der Waals surface area contributed by atoms with Crippen molar-refractivity contribution in [3.05, 3.63) is 101 Å². The second kappa shape index (κ2) is 8.30. The Morgan fingerprint density at radius 2 is 1.57 bits per heavy atom. The molecule has 3 heteroatoms. The smallest absolute Gasteiger partial charge is 0.104 e. The number of rotatable bonds is 5. The summed E-state index contributed by atoms with van der Waals surface area (Å²) in [6.45, 7) is 4.01. The standard InChI is InChI=1S/C25H27N3/c1-19-27-25(23-15-7-8-16-24(23)26)22-14-6-5-13-21(22)18-28(19)17-9-12-20-10-3-2-4-11-20/h2-8,10-11,13-16,25H,9,12,17-18,26H2,1H3. The monoisotopic (exact) mass is 369 g/mol. The normalized spacial score (nSPS) is 16.2. The summed E-state index contributed by atoms with van der Waals surface area (Å²) in [5.41, 5.74) is 12.2. The van der Waals surface area contributed by atoms with Crippen LogP contribution >= 0.6 is 0 Å². The van der Waals surface area contributed by atoms with E-state index < -0.39 is 0 Å². The van der Waals surface area contributed by atoms with Crippen LogP contribution in [0.2, 0.25) is 0 Å². The first-order chi connectivity index (χ1) is 13.7. The Labute approximate surface area is 167 Å². The Balaban J connectivity index is 1.60. The van der Waals surface area contributed by atoms with Crippen LogP contribution in [0.4, 0.5) is 5.69 Å². The second-order valence-electron chi connectivity index (χ2n) is 7.42. The summed E-state index contributed by atoms with van der Waals surface area (Å²) in [7, 11) is 0. The van der Waals surface area contributed by atoms with Gasteiger partial charge in [-0.25, -0.2) is 0 Å². The van der Waals surface area contributed by atoms with Gasteiger partial charge in [0.2, 0.25) is 0 Å². The maximum absolute atomic E-state index is 6.30. The van der Waals surface area contributed by atoms with Gasteiger partial charge in [-0.3, -0.25) is 4.99 Å². The Hall–Kier alpha value is -3.07. The third-order valence-electron chi connectivity index (χ3n) is 5.51. The van der Waals surface area contributed by atoms with E-state index in [4.69, 9.17) is 10.7 Å². The molecule has 1 heterocycles. The number of para-hydroxylation sites is 1. The Bertz CT molecular complexity index is 962. The number of nitrogens with zero attached hydrogens (tertiary/aromatic N) is 2. The van der Waals surface area contributed by atoms with Gasteiger partial charge < -0.3 is 10.6 Å². The molecule has 28 heavy (non-hydrogen) atoms. The van der Waals surface area contributed by atoms with Crippen molar-refractivity contribution in [1.29, 1.82) is 0 Å². The molecule has 1 unspecified atom stereocenters. The van der Waals surface area contributed by atoms with E-state index >= 15 is 0 Å². The number of nitrogens with two attached hydrogens (primary N) is 1. The zero-order valence-corrected chi connectivity index (χ0v) is 16.4. The molecule has 1 aliphatic rings. The lowest BCUT2D eigenvalue weighted by molar-refractivity contribution is 0.403. The first-order valence-corrected chi connectivity index (χ1v) is 9.98. The highest BCUT2D eigenvalue weighted by molar-refractivity contribution is 5.81. The molecule has 0 saturated carbocycles. The molecular weight excluding hydrogens is 342 g/mol. The van der Waals surface area contributed by atoms with Crippen molar-refractivity contribution in [3.63, 3.8) is 0 Å². The molecule has 0 spiro atoms. The van der Waals surface area contributed by atoms with E-state index in [1.165, 1.54) is 16.7 Å². The number of benzene rings is 3. The van der Waals surface area contributed by atoms with Crippen LogP contribution in [-0.2, 0) is 13.0 Å². The summed E-state index contributed by atoms with van der Waals surface area (Å²) in [4.78, 5) is 7.52. The molecular formula is C25H27N3. The van der Waals surface area contributed by atoms with Crippen molar-refractivity contribution in [3.8, 4) is 0 Å². The summed E-state index contributed by atoms with van der Waals surface area (Å²) in [5, 5.41) is 0. The molecule has 0 aliphatic carbocycles. The van der Waals surface area contributed by atoms with Gasteiger partial charge in [0.15, 0.2) is 0 Å². The quantitative estimate of drug-likeness (QED) is 0.626. The second-order valence-corrected chi connectivity index (χ2v) is 7.42. The number of fused-ring (bicyclic) bond motifs is 1. The third kappa shape index (κ3) is 3.94. The van der Waals surface area contributed by atoms with Crippen LogP contribution in [0.15, 0.2) is 83.9 Å². The highest BCUT2D eigenvalue weighted by Crippen LogP contribution is 2.35. The van der Waals surface area contributed by atoms with Crippen LogP contribution in [0.3, 0.4) is 0 Å². The number of nitrogen functional groups attached to an aromatic ring is 1. The van der Waals surface area contributed by atoms with E-state index in [1.807, 2.05) is 18.2 Å². The average molecular weight is 370 g/mol. The van der Waals surface area contributed by atoms with E-state index in [1.54, 1.807) is 0 Å². The van der Waals surface area contributed by atoms with Crippen molar-refractivity contribution in [2.75, 3.05) is 12.3 Å². The number of aryl methyl sites for hydroxylation is 1. The van der Waals surface area contributed by atoms with E-state index in [0.29, 0.717) is 0 Å². The van der Waals surface area contributed by atoms with Gasteiger partial charge in [0, 0.05) is 24.3 Å². The third-order valence-corrected chi connectivity index (χ3v) is 5.51. The fraction of sp³-hybridized carbons (Fsp3) is 0.240. The molecule has 3 nitrogen and oxygen atoms in total. The lowest BCUT2D eigenvalue weighted by Gasteiger charge is -2.23. The first-order valence-electron chi connectivity index (χ1n) is 9.98. The highest BCUT2D eigenvalue weighted by atomic mass is 15.2. The first kappa shape index (κ1) is 18.3. The molecule has 0 bridgehead atoms. The van der Waals surface area contributed by atoms with Gasteiger partial charge in [-0.05, 0) is 42.5 Å². The molecule has 0 radical (unpaired) electrons. The van der Waals surface area contributed by atoms with E-state index in [9.17, 15) is 0 Å². The summed E-state index contributed by atoms with van der Waals surface area (Å²) < 4.78 is 0. The van der Waals surface area contributed by atoms with E-state index in [-0.39, 0.29) is 6.04 Å². The van der Waals surface area contributed by atoms with Gasteiger partial charge >= 0.3 is 0 Å². The number of amidine groups is 1. The van der Waals surface area contributed by atoms with Gasteiger partial charge in [-0.2, -0.15) is 0 Å². The average Bonchev–Trinajstić information content (AvgIpc) is 2.86. The fourth-order valence-electron chi connectivity index (χ4n) is 3.96. The zero-order valence-electron chi connectivity index (χ0n) is 16.4. The minimum Gasteiger partial charge on any atom is -0.398 e. The molecule has 3 aromatic carbocycles. The fourth-order valence-corrected chi connectivity index (χ4v) is 3.96. The highest BCUT2D eigenvalue weighted by Gasteiger charge is 2.24. The lowest BCUT2D eigenvalue weighted by atomic mass is 9.94. The van der Waals surface area contributed by atoms with Crippen LogP contribution in [0.5, 0.6) is 0 Å². The van der Waals surface area contributed by atoms with Gasteiger partial charge in [0.1, 0.15) is 6.04 Å². The lowest BCUT2D eigenvalue weighted by Crippen LogP contribution is -2.29. The van der Waals surface area contributed by atoms with Crippen LogP contribution in [-0.4, -0.2) is 17.3 Å². The molecule has 0 saturated heterocycles. The van der Waals surface area contributed by atoms with Gasteiger partial charge in [-0.1, -0.05) is 72.8 Å². The molecule has 1 aliphatic heterocycles. The van der Waals surface area contributed by atoms with Crippen molar-refractivity contribution >= 4 is 11.5 Å². The molecule has 2 N–H and O–H groups in total. The topological polar surface area (TPSA) is 41.6 Å². The molecule has 0 aromatic heterocycles. The van der Waals surface area contributed by atoms with E-state index in [2.05, 4.69) is 72.5 Å². The van der Waals surface area contributed by atoms with Crippen molar-refractivity contribution < 1.29 is 0 Å².